The average molecular weight is 352 g/mol. The Hall–Kier alpha value is -2.29. The minimum Gasteiger partial charge on any atom is -0.410 e. The first-order chi connectivity index (χ1) is 10.6. The lowest BCUT2D eigenvalue weighted by Gasteiger charge is -2.10. The van der Waals surface area contributed by atoms with Crippen LogP contribution in [0.4, 0.5) is 13.2 Å². The average Bonchev–Trinajstić information content (AvgIpc) is 2.48. The second-order valence-electron chi connectivity index (χ2n) is 4.50. The fourth-order valence-corrected chi connectivity index (χ4v) is 1.74. The summed E-state index contributed by atoms with van der Waals surface area (Å²) >= 11 is 5.62. The van der Waals surface area contributed by atoms with Crippen LogP contribution in [0.5, 0.6) is 0 Å². The highest BCUT2D eigenvalue weighted by molar-refractivity contribution is 6.69. The molecule has 0 unspecified atom stereocenters. The molecule has 0 fully saturated rings. The van der Waals surface area contributed by atoms with Crippen LogP contribution in [-0.4, -0.2) is 41.5 Å². The highest BCUT2D eigenvalue weighted by atomic mass is 35.5. The fraction of sp³-hybridized carbons (Fsp3) is 0.308. The van der Waals surface area contributed by atoms with Crippen LogP contribution in [0.15, 0.2) is 23.4 Å². The van der Waals surface area contributed by atoms with Crippen molar-refractivity contribution < 1.29 is 28.0 Å². The first kappa shape index (κ1) is 18.8. The third-order valence-electron chi connectivity index (χ3n) is 2.69. The van der Waals surface area contributed by atoms with Crippen molar-refractivity contribution in [2.45, 2.75) is 13.1 Å². The fourth-order valence-electron chi connectivity index (χ4n) is 1.62. The van der Waals surface area contributed by atoms with Crippen molar-refractivity contribution in [3.8, 4) is 0 Å². The van der Waals surface area contributed by atoms with Gasteiger partial charge in [0.2, 0.25) is 5.91 Å². The van der Waals surface area contributed by atoms with Crippen LogP contribution in [-0.2, 0) is 4.79 Å². The summed E-state index contributed by atoms with van der Waals surface area (Å²) in [5, 5.41) is 15.1. The van der Waals surface area contributed by atoms with E-state index in [0.29, 0.717) is 11.1 Å². The van der Waals surface area contributed by atoms with Crippen LogP contribution >= 0.6 is 11.6 Å². The van der Waals surface area contributed by atoms with Gasteiger partial charge in [0.05, 0.1) is 6.54 Å². The molecule has 1 aromatic rings. The van der Waals surface area contributed by atoms with E-state index in [1.54, 1.807) is 12.2 Å². The van der Waals surface area contributed by atoms with E-state index >= 15 is 0 Å². The maximum Gasteiger partial charge on any atom is 0.405 e. The van der Waals surface area contributed by atoms with E-state index in [4.69, 9.17) is 16.8 Å². The number of nitrogens with one attached hydrogen (secondary N) is 2. The van der Waals surface area contributed by atoms with Crippen LogP contribution in [0.1, 0.15) is 21.5 Å². The number of hydrogen-bond donors (Lipinski definition) is 3. The van der Waals surface area contributed by atoms with Gasteiger partial charge in [-0.3, -0.25) is 9.59 Å². The molecule has 2 amide bonds. The third kappa shape index (κ3) is 6.15. The Morgan fingerprint density at radius 2 is 1.96 bits per heavy atom. The maximum atomic E-state index is 11.9. The van der Waals surface area contributed by atoms with Crippen LogP contribution in [0.3, 0.4) is 0 Å². The summed E-state index contributed by atoms with van der Waals surface area (Å²) in [7, 11) is 0. The number of halogens is 4. The SMILES string of the molecule is Cc1cc(/C(Cl)=N/O)ccc1C(=O)NCC(=O)NCC(F)(F)F. The zero-order valence-electron chi connectivity index (χ0n) is 11.9. The number of amides is 2. The third-order valence-corrected chi connectivity index (χ3v) is 2.99. The molecule has 0 saturated carbocycles. The van der Waals surface area contributed by atoms with Crippen molar-refractivity contribution in [1.29, 1.82) is 0 Å². The summed E-state index contributed by atoms with van der Waals surface area (Å²) in [5.41, 5.74) is 1.07. The van der Waals surface area contributed by atoms with Gasteiger partial charge in [0.1, 0.15) is 6.54 Å². The molecule has 1 aromatic carbocycles. The van der Waals surface area contributed by atoms with E-state index in [0.717, 1.165) is 0 Å². The summed E-state index contributed by atoms with van der Waals surface area (Å²) in [6, 6.07) is 4.30. The van der Waals surface area contributed by atoms with Gasteiger partial charge < -0.3 is 15.8 Å². The van der Waals surface area contributed by atoms with Crippen LogP contribution < -0.4 is 10.6 Å². The van der Waals surface area contributed by atoms with Crippen molar-refractivity contribution in [3.63, 3.8) is 0 Å². The summed E-state index contributed by atoms with van der Waals surface area (Å²) in [6.07, 6.45) is -4.51. The first-order valence-electron chi connectivity index (χ1n) is 6.24. The van der Waals surface area contributed by atoms with Gasteiger partial charge in [-0.15, -0.1) is 0 Å². The Morgan fingerprint density at radius 1 is 1.30 bits per heavy atom. The van der Waals surface area contributed by atoms with Gasteiger partial charge in [-0.05, 0) is 24.6 Å². The molecule has 10 heteroatoms. The largest absolute Gasteiger partial charge is 0.410 e. The molecule has 126 valence electrons. The summed E-state index contributed by atoms with van der Waals surface area (Å²) < 4.78 is 35.8. The molecule has 6 nitrogen and oxygen atoms in total. The molecular weight excluding hydrogens is 339 g/mol. The molecular formula is C13H13ClF3N3O3. The predicted molar refractivity (Wildman–Crippen MR) is 76.8 cm³/mol. The molecule has 0 bridgehead atoms. The lowest BCUT2D eigenvalue weighted by molar-refractivity contribution is -0.137. The Bertz CT molecular complexity index is 633. The second kappa shape index (κ2) is 7.82. The molecule has 0 aliphatic carbocycles. The van der Waals surface area contributed by atoms with Crippen molar-refractivity contribution >= 4 is 28.6 Å². The van der Waals surface area contributed by atoms with Gasteiger partial charge in [-0.2, -0.15) is 13.2 Å². The Morgan fingerprint density at radius 3 is 2.48 bits per heavy atom. The molecule has 0 saturated heterocycles. The smallest absolute Gasteiger partial charge is 0.405 e. The summed E-state index contributed by atoms with van der Waals surface area (Å²) in [4.78, 5) is 23.1. The van der Waals surface area contributed by atoms with Gasteiger partial charge in [0.15, 0.2) is 5.17 Å². The van der Waals surface area contributed by atoms with E-state index in [1.807, 2.05) is 0 Å². The molecule has 0 aliphatic rings. The number of alkyl halides is 3. The lowest BCUT2D eigenvalue weighted by Crippen LogP contribution is -2.41. The van der Waals surface area contributed by atoms with Crippen molar-refractivity contribution in [2.24, 2.45) is 5.16 Å². The van der Waals surface area contributed by atoms with E-state index in [-0.39, 0.29) is 10.7 Å². The zero-order valence-corrected chi connectivity index (χ0v) is 12.6. The zero-order chi connectivity index (χ0) is 17.6. The van der Waals surface area contributed by atoms with E-state index in [9.17, 15) is 22.8 Å². The molecule has 0 radical (unpaired) electrons. The molecule has 23 heavy (non-hydrogen) atoms. The highest BCUT2D eigenvalue weighted by Crippen LogP contribution is 2.14. The number of benzene rings is 1. The van der Waals surface area contributed by atoms with Gasteiger partial charge in [0.25, 0.3) is 5.91 Å². The Labute approximate surface area is 134 Å². The molecule has 0 aromatic heterocycles. The van der Waals surface area contributed by atoms with E-state index in [2.05, 4.69) is 10.5 Å². The van der Waals surface area contributed by atoms with Crippen LogP contribution in [0, 0.1) is 6.92 Å². The summed E-state index contributed by atoms with van der Waals surface area (Å²) in [6.45, 7) is -0.465. The van der Waals surface area contributed by atoms with Gasteiger partial charge in [-0.1, -0.05) is 22.8 Å². The van der Waals surface area contributed by atoms with E-state index in [1.165, 1.54) is 18.2 Å². The molecule has 3 N–H and O–H groups in total. The number of carbonyl (C=O) groups excluding carboxylic acids is 2. The lowest BCUT2D eigenvalue weighted by atomic mass is 10.0. The minimum absolute atomic E-state index is 0.161. The van der Waals surface area contributed by atoms with Crippen LogP contribution in [0.2, 0.25) is 0 Å². The monoisotopic (exact) mass is 351 g/mol. The highest BCUT2D eigenvalue weighted by Gasteiger charge is 2.27. The molecule has 1 rings (SSSR count). The quantitative estimate of drug-likeness (QED) is 0.429. The minimum atomic E-state index is -4.51. The molecule has 0 spiro atoms. The number of hydrogen-bond acceptors (Lipinski definition) is 4. The Balaban J connectivity index is 2.63. The first-order valence-corrected chi connectivity index (χ1v) is 6.62. The number of oxime groups is 1. The molecule has 0 heterocycles. The number of nitrogens with zero attached hydrogens (tertiary/aromatic N) is 1. The maximum absolute atomic E-state index is 11.9. The van der Waals surface area contributed by atoms with Crippen LogP contribution in [0.25, 0.3) is 0 Å². The number of rotatable bonds is 5. The summed E-state index contributed by atoms with van der Waals surface area (Å²) in [5.74, 6) is -1.59. The topological polar surface area (TPSA) is 90.8 Å². The van der Waals surface area contributed by atoms with Gasteiger partial charge >= 0.3 is 6.18 Å². The standard InChI is InChI=1S/C13H13ClF3N3O3/c1-7-4-8(11(14)20-23)2-3-9(7)12(22)18-5-10(21)19-6-13(15,16)17/h2-4,23H,5-6H2,1H3,(H,18,22)(H,19,21)/b20-11-. The normalized spacial score (nSPS) is 12.0. The van der Waals surface area contributed by atoms with Crippen molar-refractivity contribution in [1.82, 2.24) is 10.6 Å². The van der Waals surface area contributed by atoms with E-state index < -0.39 is 31.1 Å². The predicted octanol–water partition coefficient (Wildman–Crippen LogP) is 1.78. The Kier molecular flexibility index (Phi) is 6.38. The number of carbonyl (C=O) groups is 2. The van der Waals surface area contributed by atoms with Gasteiger partial charge in [-0.25, -0.2) is 0 Å². The molecule has 0 atom stereocenters. The molecule has 0 aliphatic heterocycles. The van der Waals surface area contributed by atoms with Crippen molar-refractivity contribution in [3.05, 3.63) is 34.9 Å². The van der Waals surface area contributed by atoms with Crippen molar-refractivity contribution in [2.75, 3.05) is 13.1 Å². The van der Waals surface area contributed by atoms with Gasteiger partial charge in [0, 0.05) is 11.1 Å². The second-order valence-corrected chi connectivity index (χ2v) is 4.85. The number of aryl methyl sites for hydroxylation is 1.